The molecule has 0 radical (unpaired) electrons. The number of nitrogens with zero attached hydrogens (tertiary/aromatic N) is 1. The summed E-state index contributed by atoms with van der Waals surface area (Å²) in [6.07, 6.45) is 6.56. The lowest BCUT2D eigenvalue weighted by atomic mass is 10.0. The quantitative estimate of drug-likeness (QED) is 0.733. The molecule has 1 heterocycles. The van der Waals surface area contributed by atoms with Gasteiger partial charge in [0.2, 0.25) is 0 Å². The summed E-state index contributed by atoms with van der Waals surface area (Å²) in [6.45, 7) is 5.22. The van der Waals surface area contributed by atoms with Crippen LogP contribution in [0.3, 0.4) is 0 Å². The van der Waals surface area contributed by atoms with Crippen LogP contribution in [-0.4, -0.2) is 42.5 Å². The van der Waals surface area contributed by atoms with Crippen molar-refractivity contribution in [3.05, 3.63) is 0 Å². The van der Waals surface area contributed by atoms with Gasteiger partial charge in [-0.2, -0.15) is 0 Å². The Balaban J connectivity index is 1.79. The minimum absolute atomic E-state index is 0.407. The van der Waals surface area contributed by atoms with Gasteiger partial charge in [0.1, 0.15) is 5.78 Å². The normalized spacial score (nSPS) is 32.2. The van der Waals surface area contributed by atoms with E-state index in [0.717, 1.165) is 45.4 Å². The number of ether oxygens (including phenoxy) is 1. The number of ketones is 1. The molecule has 0 aromatic rings. The average molecular weight is 225 g/mol. The Morgan fingerprint density at radius 2 is 2.31 bits per heavy atom. The first-order valence-corrected chi connectivity index (χ1v) is 6.67. The molecule has 2 aliphatic rings. The zero-order valence-electron chi connectivity index (χ0n) is 10.3. The summed E-state index contributed by atoms with van der Waals surface area (Å²) in [5, 5.41) is 0. The Kier molecular flexibility index (Phi) is 4.36. The Morgan fingerprint density at radius 1 is 1.44 bits per heavy atom. The zero-order valence-corrected chi connectivity index (χ0v) is 10.3. The lowest BCUT2D eigenvalue weighted by Crippen LogP contribution is -2.44. The molecule has 2 unspecified atom stereocenters. The molecule has 0 aromatic heterocycles. The summed E-state index contributed by atoms with van der Waals surface area (Å²) in [7, 11) is 0. The molecule has 3 nitrogen and oxygen atoms in total. The van der Waals surface area contributed by atoms with Gasteiger partial charge in [0, 0.05) is 32.0 Å². The van der Waals surface area contributed by atoms with Crippen molar-refractivity contribution in [2.24, 2.45) is 0 Å². The van der Waals surface area contributed by atoms with Gasteiger partial charge in [0.15, 0.2) is 0 Å². The molecule has 1 aliphatic carbocycles. The van der Waals surface area contributed by atoms with Crippen LogP contribution in [0.4, 0.5) is 0 Å². The fraction of sp³-hybridized carbons (Fsp3) is 0.923. The molecule has 0 aromatic carbocycles. The number of hydrogen-bond donors (Lipinski definition) is 0. The van der Waals surface area contributed by atoms with Crippen LogP contribution in [0, 0.1) is 0 Å². The lowest BCUT2D eigenvalue weighted by molar-refractivity contribution is -0.117. The van der Waals surface area contributed by atoms with Crippen LogP contribution in [0.1, 0.15) is 45.4 Å². The second-order valence-corrected chi connectivity index (χ2v) is 5.07. The van der Waals surface area contributed by atoms with Gasteiger partial charge >= 0.3 is 0 Å². The Morgan fingerprint density at radius 3 is 3.00 bits per heavy atom. The highest BCUT2D eigenvalue weighted by Crippen LogP contribution is 2.25. The van der Waals surface area contributed by atoms with Crippen molar-refractivity contribution in [3.8, 4) is 0 Å². The van der Waals surface area contributed by atoms with E-state index in [1.54, 1.807) is 0 Å². The summed E-state index contributed by atoms with van der Waals surface area (Å²) in [5.41, 5.74) is 0. The Hall–Kier alpha value is -0.410. The number of likely N-dealkylation sites (tertiary alicyclic amines) is 1. The van der Waals surface area contributed by atoms with Crippen LogP contribution < -0.4 is 0 Å². The maximum Gasteiger partial charge on any atom is 0.134 e. The largest absolute Gasteiger partial charge is 0.377 e. The average Bonchev–Trinajstić information content (AvgIpc) is 2.74. The molecule has 0 N–H and O–H groups in total. The van der Waals surface area contributed by atoms with Gasteiger partial charge in [-0.05, 0) is 32.2 Å². The van der Waals surface area contributed by atoms with Crippen LogP contribution in [-0.2, 0) is 9.53 Å². The van der Waals surface area contributed by atoms with Crippen LogP contribution in [0.15, 0.2) is 0 Å². The van der Waals surface area contributed by atoms with Crippen molar-refractivity contribution in [1.29, 1.82) is 0 Å². The van der Waals surface area contributed by atoms with Gasteiger partial charge in [0.05, 0.1) is 6.10 Å². The first-order valence-electron chi connectivity index (χ1n) is 6.67. The fourth-order valence-corrected chi connectivity index (χ4v) is 2.82. The predicted octanol–water partition coefficient (Wildman–Crippen LogP) is 2.00. The third-order valence-corrected chi connectivity index (χ3v) is 3.70. The molecule has 92 valence electrons. The van der Waals surface area contributed by atoms with E-state index in [9.17, 15) is 4.79 Å². The van der Waals surface area contributed by atoms with Gasteiger partial charge in [-0.25, -0.2) is 0 Å². The van der Waals surface area contributed by atoms with Gasteiger partial charge < -0.3 is 4.74 Å². The SMILES string of the molecule is CCCOC1CCCN(C2CCC(=O)C2)C1. The van der Waals surface area contributed by atoms with Crippen molar-refractivity contribution < 1.29 is 9.53 Å². The number of carbonyl (C=O) groups excluding carboxylic acids is 1. The summed E-state index contributed by atoms with van der Waals surface area (Å²) < 4.78 is 5.82. The van der Waals surface area contributed by atoms with Crippen LogP contribution in [0.5, 0.6) is 0 Å². The first-order chi connectivity index (χ1) is 7.79. The van der Waals surface area contributed by atoms with E-state index in [-0.39, 0.29) is 0 Å². The highest BCUT2D eigenvalue weighted by molar-refractivity contribution is 5.81. The molecule has 2 atom stereocenters. The van der Waals surface area contributed by atoms with Crippen LogP contribution >= 0.6 is 0 Å². The second-order valence-electron chi connectivity index (χ2n) is 5.07. The minimum Gasteiger partial charge on any atom is -0.377 e. The van der Waals surface area contributed by atoms with Gasteiger partial charge in [-0.15, -0.1) is 0 Å². The van der Waals surface area contributed by atoms with Crippen molar-refractivity contribution in [3.63, 3.8) is 0 Å². The zero-order chi connectivity index (χ0) is 11.4. The highest BCUT2D eigenvalue weighted by Gasteiger charge is 2.31. The topological polar surface area (TPSA) is 29.5 Å². The van der Waals surface area contributed by atoms with E-state index in [1.807, 2.05) is 0 Å². The van der Waals surface area contributed by atoms with Gasteiger partial charge in [-0.3, -0.25) is 9.69 Å². The lowest BCUT2D eigenvalue weighted by Gasteiger charge is -2.36. The predicted molar refractivity (Wildman–Crippen MR) is 63.5 cm³/mol. The van der Waals surface area contributed by atoms with Crippen molar-refractivity contribution in [2.75, 3.05) is 19.7 Å². The van der Waals surface area contributed by atoms with Gasteiger partial charge in [-0.1, -0.05) is 6.92 Å². The third-order valence-electron chi connectivity index (χ3n) is 3.70. The highest BCUT2D eigenvalue weighted by atomic mass is 16.5. The van der Waals surface area contributed by atoms with E-state index in [4.69, 9.17) is 4.74 Å². The molecule has 2 fully saturated rings. The molecule has 1 saturated carbocycles. The van der Waals surface area contributed by atoms with Gasteiger partial charge in [0.25, 0.3) is 0 Å². The Labute approximate surface area is 98.1 Å². The number of rotatable bonds is 4. The maximum absolute atomic E-state index is 11.3. The van der Waals surface area contributed by atoms with E-state index in [0.29, 0.717) is 17.9 Å². The molecule has 0 amide bonds. The summed E-state index contributed by atoms with van der Waals surface area (Å²) in [4.78, 5) is 13.8. The Bertz CT molecular complexity index is 242. The summed E-state index contributed by atoms with van der Waals surface area (Å²) >= 11 is 0. The first kappa shape index (κ1) is 12.1. The van der Waals surface area contributed by atoms with Crippen molar-refractivity contribution >= 4 is 5.78 Å². The second kappa shape index (κ2) is 5.78. The van der Waals surface area contributed by atoms with Crippen molar-refractivity contribution in [2.45, 2.75) is 57.6 Å². The molecule has 2 rings (SSSR count). The van der Waals surface area contributed by atoms with E-state index >= 15 is 0 Å². The minimum atomic E-state index is 0.407. The standard InChI is InChI=1S/C13H23NO2/c1-2-8-16-13-4-3-7-14(10-13)11-5-6-12(15)9-11/h11,13H,2-10H2,1H3. The number of piperidine rings is 1. The molecule has 3 heteroatoms. The molecule has 16 heavy (non-hydrogen) atoms. The molecule has 1 aliphatic heterocycles. The van der Waals surface area contributed by atoms with Crippen molar-refractivity contribution in [1.82, 2.24) is 4.90 Å². The molecular formula is C13H23NO2. The van der Waals surface area contributed by atoms with E-state index < -0.39 is 0 Å². The van der Waals surface area contributed by atoms with Crippen LogP contribution in [0.2, 0.25) is 0 Å². The van der Waals surface area contributed by atoms with E-state index in [1.165, 1.54) is 12.8 Å². The summed E-state index contributed by atoms with van der Waals surface area (Å²) in [5.74, 6) is 0.446. The summed E-state index contributed by atoms with van der Waals surface area (Å²) in [6, 6.07) is 0.514. The third kappa shape index (κ3) is 3.05. The fourth-order valence-electron chi connectivity index (χ4n) is 2.82. The molecule has 1 saturated heterocycles. The smallest absolute Gasteiger partial charge is 0.134 e. The molecular weight excluding hydrogens is 202 g/mol. The number of carbonyl (C=O) groups is 1. The van der Waals surface area contributed by atoms with E-state index in [2.05, 4.69) is 11.8 Å². The number of Topliss-reactive ketones (excluding diaryl/α,β-unsaturated/α-hetero) is 1. The monoisotopic (exact) mass is 225 g/mol. The molecule has 0 bridgehead atoms. The molecule has 0 spiro atoms. The number of hydrogen-bond acceptors (Lipinski definition) is 3. The van der Waals surface area contributed by atoms with Crippen LogP contribution in [0.25, 0.3) is 0 Å². The maximum atomic E-state index is 11.3.